The van der Waals surface area contributed by atoms with E-state index < -0.39 is 0 Å². The van der Waals surface area contributed by atoms with Gasteiger partial charge in [0.25, 0.3) is 0 Å². The standard InChI is InChI=1S/C10H22N2O/c1-9(2)8-12-4-3-10(7-11)13-6-5-12/h9-10H,3-8,11H2,1-2H3. The molecule has 0 bridgehead atoms. The highest BCUT2D eigenvalue weighted by atomic mass is 16.5. The maximum atomic E-state index is 5.60. The first-order valence-corrected chi connectivity index (χ1v) is 5.26. The zero-order valence-corrected chi connectivity index (χ0v) is 8.83. The van der Waals surface area contributed by atoms with E-state index in [1.165, 1.54) is 6.54 Å². The Hall–Kier alpha value is -0.120. The van der Waals surface area contributed by atoms with Crippen LogP contribution in [0.5, 0.6) is 0 Å². The second kappa shape index (κ2) is 5.58. The van der Waals surface area contributed by atoms with Crippen molar-refractivity contribution in [3.05, 3.63) is 0 Å². The Morgan fingerprint density at radius 1 is 1.46 bits per heavy atom. The summed E-state index contributed by atoms with van der Waals surface area (Å²) in [6.07, 6.45) is 1.38. The van der Waals surface area contributed by atoms with E-state index >= 15 is 0 Å². The van der Waals surface area contributed by atoms with Crippen molar-refractivity contribution >= 4 is 0 Å². The van der Waals surface area contributed by atoms with Crippen molar-refractivity contribution in [1.82, 2.24) is 4.90 Å². The average Bonchev–Trinajstić information content (AvgIpc) is 2.29. The summed E-state index contributed by atoms with van der Waals surface area (Å²) in [5, 5.41) is 0. The van der Waals surface area contributed by atoms with E-state index in [0.29, 0.717) is 6.54 Å². The molecule has 0 radical (unpaired) electrons. The Morgan fingerprint density at radius 3 is 2.85 bits per heavy atom. The summed E-state index contributed by atoms with van der Waals surface area (Å²) in [6, 6.07) is 0. The van der Waals surface area contributed by atoms with E-state index in [4.69, 9.17) is 10.5 Å². The molecule has 1 atom stereocenters. The van der Waals surface area contributed by atoms with E-state index in [9.17, 15) is 0 Å². The summed E-state index contributed by atoms with van der Waals surface area (Å²) in [4.78, 5) is 2.47. The van der Waals surface area contributed by atoms with Crippen LogP contribution in [0.25, 0.3) is 0 Å². The van der Waals surface area contributed by atoms with E-state index in [1.54, 1.807) is 0 Å². The lowest BCUT2D eigenvalue weighted by Gasteiger charge is -2.21. The molecule has 3 heteroatoms. The van der Waals surface area contributed by atoms with Crippen molar-refractivity contribution in [1.29, 1.82) is 0 Å². The summed E-state index contributed by atoms with van der Waals surface area (Å²) in [7, 11) is 0. The molecule has 0 aromatic heterocycles. The number of ether oxygens (including phenoxy) is 1. The molecular weight excluding hydrogens is 164 g/mol. The van der Waals surface area contributed by atoms with Crippen molar-refractivity contribution in [3.8, 4) is 0 Å². The highest BCUT2D eigenvalue weighted by Crippen LogP contribution is 2.07. The zero-order chi connectivity index (χ0) is 9.68. The van der Waals surface area contributed by atoms with Crippen LogP contribution in [-0.2, 0) is 4.74 Å². The van der Waals surface area contributed by atoms with Crippen LogP contribution in [0.2, 0.25) is 0 Å². The van der Waals surface area contributed by atoms with Gasteiger partial charge in [-0.3, -0.25) is 0 Å². The van der Waals surface area contributed by atoms with Crippen molar-refractivity contribution in [2.75, 3.05) is 32.8 Å². The fourth-order valence-electron chi connectivity index (χ4n) is 1.76. The van der Waals surface area contributed by atoms with Gasteiger partial charge in [0.15, 0.2) is 0 Å². The minimum Gasteiger partial charge on any atom is -0.376 e. The largest absolute Gasteiger partial charge is 0.376 e. The number of nitrogens with zero attached hydrogens (tertiary/aromatic N) is 1. The molecule has 3 nitrogen and oxygen atoms in total. The van der Waals surface area contributed by atoms with Crippen LogP contribution in [0.4, 0.5) is 0 Å². The van der Waals surface area contributed by atoms with Gasteiger partial charge in [-0.1, -0.05) is 13.8 Å². The fraction of sp³-hybridized carbons (Fsp3) is 1.00. The molecule has 0 aliphatic carbocycles. The van der Waals surface area contributed by atoms with E-state index in [2.05, 4.69) is 18.7 Å². The van der Waals surface area contributed by atoms with E-state index in [1.807, 2.05) is 0 Å². The van der Waals surface area contributed by atoms with Crippen molar-refractivity contribution in [2.45, 2.75) is 26.4 Å². The first-order chi connectivity index (χ1) is 6.22. The van der Waals surface area contributed by atoms with Crippen molar-refractivity contribution < 1.29 is 4.74 Å². The normalized spacial score (nSPS) is 26.3. The number of rotatable bonds is 3. The Morgan fingerprint density at radius 2 is 2.23 bits per heavy atom. The summed E-state index contributed by atoms with van der Waals surface area (Å²) < 4.78 is 5.60. The minimum atomic E-state index is 0.289. The number of nitrogens with two attached hydrogens (primary N) is 1. The lowest BCUT2D eigenvalue weighted by molar-refractivity contribution is 0.0678. The molecule has 1 rings (SSSR count). The third-order valence-corrected chi connectivity index (χ3v) is 2.41. The predicted molar refractivity (Wildman–Crippen MR) is 54.7 cm³/mol. The molecule has 1 fully saturated rings. The Balaban J connectivity index is 2.27. The molecule has 1 unspecified atom stereocenters. The van der Waals surface area contributed by atoms with Gasteiger partial charge in [0.05, 0.1) is 12.7 Å². The van der Waals surface area contributed by atoms with Crippen LogP contribution >= 0.6 is 0 Å². The quantitative estimate of drug-likeness (QED) is 0.705. The average molecular weight is 186 g/mol. The van der Waals surface area contributed by atoms with Crippen LogP contribution in [0.1, 0.15) is 20.3 Å². The first kappa shape index (κ1) is 11.0. The van der Waals surface area contributed by atoms with Gasteiger partial charge in [-0.15, -0.1) is 0 Å². The van der Waals surface area contributed by atoms with Gasteiger partial charge in [0, 0.05) is 26.2 Å². The lowest BCUT2D eigenvalue weighted by Crippen LogP contribution is -2.30. The molecular formula is C10H22N2O. The third-order valence-electron chi connectivity index (χ3n) is 2.41. The second-order valence-electron chi connectivity index (χ2n) is 4.21. The van der Waals surface area contributed by atoms with Gasteiger partial charge >= 0.3 is 0 Å². The Labute approximate surface area is 81.2 Å². The van der Waals surface area contributed by atoms with Crippen LogP contribution in [-0.4, -0.2) is 43.8 Å². The van der Waals surface area contributed by atoms with Gasteiger partial charge in [0.1, 0.15) is 0 Å². The van der Waals surface area contributed by atoms with Gasteiger partial charge in [-0.25, -0.2) is 0 Å². The van der Waals surface area contributed by atoms with Crippen LogP contribution in [0.3, 0.4) is 0 Å². The smallest absolute Gasteiger partial charge is 0.0710 e. The highest BCUT2D eigenvalue weighted by molar-refractivity contribution is 4.69. The van der Waals surface area contributed by atoms with Gasteiger partial charge in [0.2, 0.25) is 0 Å². The van der Waals surface area contributed by atoms with Crippen LogP contribution in [0, 0.1) is 5.92 Å². The number of hydrogen-bond acceptors (Lipinski definition) is 3. The van der Waals surface area contributed by atoms with Crippen LogP contribution < -0.4 is 5.73 Å². The number of hydrogen-bond donors (Lipinski definition) is 1. The minimum absolute atomic E-state index is 0.289. The zero-order valence-electron chi connectivity index (χ0n) is 8.83. The lowest BCUT2D eigenvalue weighted by atomic mass is 10.2. The maximum Gasteiger partial charge on any atom is 0.0710 e. The molecule has 1 aliphatic rings. The van der Waals surface area contributed by atoms with E-state index in [0.717, 1.165) is 32.0 Å². The molecule has 0 aromatic rings. The molecule has 78 valence electrons. The summed E-state index contributed by atoms with van der Waals surface area (Å²) >= 11 is 0. The molecule has 0 saturated carbocycles. The van der Waals surface area contributed by atoms with E-state index in [-0.39, 0.29) is 6.10 Å². The predicted octanol–water partition coefficient (Wildman–Crippen LogP) is 0.692. The van der Waals surface area contributed by atoms with Gasteiger partial charge < -0.3 is 15.4 Å². The molecule has 1 aliphatic heterocycles. The Bertz CT molecular complexity index is 139. The molecule has 2 N–H and O–H groups in total. The summed E-state index contributed by atoms with van der Waals surface area (Å²) in [5.41, 5.74) is 5.58. The SMILES string of the molecule is CC(C)CN1CCOC(CN)CC1. The topological polar surface area (TPSA) is 38.5 Å². The molecule has 13 heavy (non-hydrogen) atoms. The van der Waals surface area contributed by atoms with Crippen molar-refractivity contribution in [3.63, 3.8) is 0 Å². The summed E-state index contributed by atoms with van der Waals surface area (Å²) in [6.45, 7) is 9.40. The van der Waals surface area contributed by atoms with Gasteiger partial charge in [-0.2, -0.15) is 0 Å². The first-order valence-electron chi connectivity index (χ1n) is 5.26. The highest BCUT2D eigenvalue weighted by Gasteiger charge is 2.16. The molecule has 0 amide bonds. The molecule has 1 heterocycles. The van der Waals surface area contributed by atoms with Crippen molar-refractivity contribution in [2.24, 2.45) is 11.7 Å². The van der Waals surface area contributed by atoms with Gasteiger partial charge in [-0.05, 0) is 12.3 Å². The summed E-state index contributed by atoms with van der Waals surface area (Å²) in [5.74, 6) is 0.745. The molecule has 0 aromatic carbocycles. The molecule has 1 saturated heterocycles. The Kier molecular flexibility index (Phi) is 4.70. The fourth-order valence-corrected chi connectivity index (χ4v) is 1.76. The third kappa shape index (κ3) is 4.07. The maximum absolute atomic E-state index is 5.60. The van der Waals surface area contributed by atoms with Crippen LogP contribution in [0.15, 0.2) is 0 Å². The monoisotopic (exact) mass is 186 g/mol. The second-order valence-corrected chi connectivity index (χ2v) is 4.21. The molecule has 0 spiro atoms.